The molecule has 1 atom stereocenters. The molecule has 0 saturated carbocycles. The highest BCUT2D eigenvalue weighted by Gasteiger charge is 2.45. The number of sulfone groups is 1. The lowest BCUT2D eigenvalue weighted by Crippen LogP contribution is -2.55. The first-order chi connectivity index (χ1) is 18.3. The lowest BCUT2D eigenvalue weighted by molar-refractivity contribution is -0.137. The molecule has 0 radical (unpaired) electrons. The second-order valence-electron chi connectivity index (χ2n) is 8.41. The number of benzene rings is 2. The molecule has 2 aromatic rings. The van der Waals surface area contributed by atoms with Gasteiger partial charge in [-0.3, -0.25) is 4.90 Å². The average Bonchev–Trinajstić information content (AvgIpc) is 2.87. The predicted octanol–water partition coefficient (Wildman–Crippen LogP) is 4.12. The van der Waals surface area contributed by atoms with Gasteiger partial charge in [-0.25, -0.2) is 22.9 Å². The van der Waals surface area contributed by atoms with Crippen molar-refractivity contribution < 1.29 is 35.9 Å². The Balaban J connectivity index is 2.34. The Hall–Kier alpha value is -4.40. The van der Waals surface area contributed by atoms with Crippen molar-refractivity contribution >= 4 is 27.6 Å². The van der Waals surface area contributed by atoms with Gasteiger partial charge >= 0.3 is 18.2 Å². The summed E-state index contributed by atoms with van der Waals surface area (Å²) in [4.78, 5) is 28.1. The van der Waals surface area contributed by atoms with E-state index in [9.17, 15) is 41.7 Å². The molecule has 1 heterocycles. The van der Waals surface area contributed by atoms with E-state index in [1.807, 2.05) is 12.1 Å². The van der Waals surface area contributed by atoms with E-state index in [4.69, 9.17) is 4.74 Å². The number of anilines is 1. The second kappa shape index (κ2) is 11.1. The number of urea groups is 2. The van der Waals surface area contributed by atoms with Crippen LogP contribution in [0, 0.1) is 22.7 Å². The first kappa shape index (κ1) is 29.2. The molecule has 1 aliphatic rings. The summed E-state index contributed by atoms with van der Waals surface area (Å²) in [6.45, 7) is 1.27. The standard InChI is InChI=1S/C25H22F3N5O5S/c1-15-20(14-30)22(19-8-7-16(13-29)11-21(19)39(3,36)37)33(23(34)31-9-10-38-2)24(35)32(15)18-6-4-5-17(12-18)25(26,27)28/h4-8,11-12,22H,9-10H2,1-3H3,(H,31,34)/t22-/m1/s1. The SMILES string of the molecule is COCCNC(=O)N1C(=O)N(c2cccc(C(F)(F)F)c2)C(C)=C(C#N)[C@H]1c1ccc(C#N)cc1S(C)(=O)=O. The third kappa shape index (κ3) is 5.87. The summed E-state index contributed by atoms with van der Waals surface area (Å²) in [7, 11) is -2.68. The van der Waals surface area contributed by atoms with Gasteiger partial charge in [0.25, 0.3) is 0 Å². The second-order valence-corrected chi connectivity index (χ2v) is 10.4. The summed E-state index contributed by atoms with van der Waals surface area (Å²) in [5.41, 5.74) is -1.89. The van der Waals surface area contributed by atoms with Crippen LogP contribution in [-0.2, 0) is 20.8 Å². The van der Waals surface area contributed by atoms with E-state index >= 15 is 0 Å². The number of nitrogens with one attached hydrogen (secondary N) is 1. The van der Waals surface area contributed by atoms with Gasteiger partial charge in [0.05, 0.1) is 46.0 Å². The van der Waals surface area contributed by atoms with Crippen LogP contribution >= 0.6 is 0 Å². The summed E-state index contributed by atoms with van der Waals surface area (Å²) >= 11 is 0. The summed E-state index contributed by atoms with van der Waals surface area (Å²) in [6, 6.07) is 7.24. The van der Waals surface area contributed by atoms with Crippen molar-refractivity contribution in [2.24, 2.45) is 0 Å². The molecule has 3 rings (SSSR count). The number of rotatable bonds is 6. The van der Waals surface area contributed by atoms with Crippen LogP contribution < -0.4 is 10.2 Å². The minimum Gasteiger partial charge on any atom is -0.383 e. The first-order valence-corrected chi connectivity index (χ1v) is 13.1. The third-order valence-electron chi connectivity index (χ3n) is 5.84. The summed E-state index contributed by atoms with van der Waals surface area (Å²) in [6.07, 6.45) is -3.88. The van der Waals surface area contributed by atoms with E-state index in [1.165, 1.54) is 32.2 Å². The molecule has 39 heavy (non-hydrogen) atoms. The van der Waals surface area contributed by atoms with Crippen molar-refractivity contribution in [2.75, 3.05) is 31.4 Å². The number of alkyl halides is 3. The van der Waals surface area contributed by atoms with Crippen LogP contribution in [0.15, 0.2) is 58.6 Å². The predicted molar refractivity (Wildman–Crippen MR) is 132 cm³/mol. The summed E-state index contributed by atoms with van der Waals surface area (Å²) in [5.74, 6) is 0. The Labute approximate surface area is 222 Å². The molecule has 0 unspecified atom stereocenters. The van der Waals surface area contributed by atoms with Crippen molar-refractivity contribution in [2.45, 2.75) is 24.0 Å². The molecule has 2 aromatic carbocycles. The fourth-order valence-corrected chi connectivity index (χ4v) is 5.02. The van der Waals surface area contributed by atoms with E-state index < -0.39 is 44.6 Å². The molecule has 0 aromatic heterocycles. The van der Waals surface area contributed by atoms with E-state index in [0.29, 0.717) is 11.0 Å². The number of hydrogen-bond donors (Lipinski definition) is 1. The van der Waals surface area contributed by atoms with Crippen molar-refractivity contribution in [1.29, 1.82) is 10.5 Å². The number of halogens is 3. The number of ether oxygens (including phenoxy) is 1. The minimum absolute atomic E-state index is 0.0257. The lowest BCUT2D eigenvalue weighted by Gasteiger charge is -2.41. The van der Waals surface area contributed by atoms with E-state index in [2.05, 4.69) is 5.32 Å². The zero-order valence-corrected chi connectivity index (χ0v) is 21.7. The van der Waals surface area contributed by atoms with Gasteiger partial charge < -0.3 is 10.1 Å². The van der Waals surface area contributed by atoms with Gasteiger partial charge in [-0.15, -0.1) is 0 Å². The Kier molecular flexibility index (Phi) is 8.33. The normalized spacial score (nSPS) is 16.1. The van der Waals surface area contributed by atoms with Gasteiger partial charge in [-0.2, -0.15) is 23.7 Å². The maximum atomic E-state index is 13.8. The van der Waals surface area contributed by atoms with Gasteiger partial charge in [-0.05, 0) is 42.8 Å². The molecule has 0 aliphatic carbocycles. The first-order valence-electron chi connectivity index (χ1n) is 11.2. The molecule has 0 fully saturated rings. The third-order valence-corrected chi connectivity index (χ3v) is 7.00. The number of carbonyl (C=O) groups excluding carboxylic acids is 2. The molecular weight excluding hydrogens is 539 g/mol. The van der Waals surface area contributed by atoms with E-state index in [1.54, 1.807) is 0 Å². The van der Waals surface area contributed by atoms with Gasteiger partial charge in [-0.1, -0.05) is 12.1 Å². The number of nitriles is 2. The van der Waals surface area contributed by atoms with Crippen LogP contribution in [0.25, 0.3) is 0 Å². The van der Waals surface area contributed by atoms with Gasteiger partial charge in [0.2, 0.25) is 0 Å². The number of methoxy groups -OCH3 is 1. The zero-order chi connectivity index (χ0) is 29.1. The average molecular weight is 562 g/mol. The smallest absolute Gasteiger partial charge is 0.383 e. The lowest BCUT2D eigenvalue weighted by atomic mass is 9.93. The van der Waals surface area contributed by atoms with Crippen LogP contribution in [0.3, 0.4) is 0 Å². The van der Waals surface area contributed by atoms with Gasteiger partial charge in [0.1, 0.15) is 6.04 Å². The van der Waals surface area contributed by atoms with Crippen LogP contribution in [0.2, 0.25) is 0 Å². The minimum atomic E-state index is -4.74. The number of amides is 4. The number of hydrogen-bond acceptors (Lipinski definition) is 7. The molecule has 4 amide bonds. The molecule has 204 valence electrons. The highest BCUT2D eigenvalue weighted by Crippen LogP contribution is 2.42. The molecule has 1 N–H and O–H groups in total. The van der Waals surface area contributed by atoms with Crippen LogP contribution in [0.4, 0.5) is 28.4 Å². The highest BCUT2D eigenvalue weighted by atomic mass is 32.2. The van der Waals surface area contributed by atoms with Crippen molar-refractivity contribution in [3.63, 3.8) is 0 Å². The van der Waals surface area contributed by atoms with E-state index in [0.717, 1.165) is 29.4 Å². The quantitative estimate of drug-likeness (QED) is 0.523. The molecular formula is C25H22F3N5O5S. The summed E-state index contributed by atoms with van der Waals surface area (Å²) in [5, 5.41) is 21.8. The maximum Gasteiger partial charge on any atom is 0.416 e. The Morgan fingerprint density at radius 3 is 2.41 bits per heavy atom. The fourth-order valence-electron chi connectivity index (χ4n) is 4.07. The maximum absolute atomic E-state index is 13.8. The molecule has 10 nitrogen and oxygen atoms in total. The van der Waals surface area contributed by atoms with Crippen molar-refractivity contribution in [3.05, 3.63) is 70.4 Å². The van der Waals surface area contributed by atoms with Crippen molar-refractivity contribution in [3.8, 4) is 12.1 Å². The number of carbonyl (C=O) groups is 2. The number of allylic oxidation sites excluding steroid dienone is 1. The fraction of sp³-hybridized carbons (Fsp3) is 0.280. The van der Waals surface area contributed by atoms with E-state index in [-0.39, 0.29) is 41.2 Å². The molecule has 0 saturated heterocycles. The number of imide groups is 1. The Bertz CT molecular complexity index is 1540. The van der Waals surface area contributed by atoms with Crippen LogP contribution in [0.5, 0.6) is 0 Å². The van der Waals surface area contributed by atoms with Gasteiger partial charge in [0.15, 0.2) is 9.84 Å². The Morgan fingerprint density at radius 2 is 1.85 bits per heavy atom. The molecule has 14 heteroatoms. The molecule has 1 aliphatic heterocycles. The monoisotopic (exact) mass is 561 g/mol. The van der Waals surface area contributed by atoms with Gasteiger partial charge in [0, 0.05) is 25.6 Å². The summed E-state index contributed by atoms with van der Waals surface area (Å²) < 4.78 is 70.5. The Morgan fingerprint density at radius 1 is 1.15 bits per heavy atom. The molecule has 0 spiro atoms. The van der Waals surface area contributed by atoms with Crippen LogP contribution in [-0.4, -0.2) is 51.9 Å². The zero-order valence-electron chi connectivity index (χ0n) is 20.9. The van der Waals surface area contributed by atoms with Crippen molar-refractivity contribution in [1.82, 2.24) is 10.2 Å². The van der Waals surface area contributed by atoms with Crippen LogP contribution in [0.1, 0.15) is 29.7 Å². The number of nitrogens with zero attached hydrogens (tertiary/aromatic N) is 4. The highest BCUT2D eigenvalue weighted by molar-refractivity contribution is 7.90. The largest absolute Gasteiger partial charge is 0.416 e. The topological polar surface area (TPSA) is 144 Å². The molecule has 0 bridgehead atoms.